The Bertz CT molecular complexity index is 1130. The van der Waals surface area contributed by atoms with E-state index < -0.39 is 23.8 Å². The highest BCUT2D eigenvalue weighted by molar-refractivity contribution is 7.80. The molecule has 2 aromatic rings. The molecule has 1 aliphatic rings. The molecule has 3 rings (SSSR count). The van der Waals surface area contributed by atoms with Crippen LogP contribution >= 0.6 is 24.2 Å². The molecule has 3 amide bonds. The number of amides is 3. The second kappa shape index (κ2) is 12.9. The Kier molecular flexibility index (Phi) is 10.1. The van der Waals surface area contributed by atoms with E-state index in [0.717, 1.165) is 36.8 Å². The van der Waals surface area contributed by atoms with E-state index in [2.05, 4.69) is 30.2 Å². The smallest absolute Gasteiger partial charge is 0.408 e. The number of carbonyl (C=O) groups is 3. The van der Waals surface area contributed by atoms with Gasteiger partial charge < -0.3 is 20.3 Å². The van der Waals surface area contributed by atoms with Gasteiger partial charge in [0, 0.05) is 11.8 Å². The molecule has 0 aromatic heterocycles. The van der Waals surface area contributed by atoms with Crippen LogP contribution in [0.3, 0.4) is 0 Å². The van der Waals surface area contributed by atoms with Crippen molar-refractivity contribution >= 4 is 47.8 Å². The number of thiol groups is 1. The van der Waals surface area contributed by atoms with E-state index in [1.807, 2.05) is 43.3 Å². The Morgan fingerprint density at radius 3 is 2.29 bits per heavy atom. The number of hydrogen-bond acceptors (Lipinski definition) is 5. The molecule has 1 aliphatic carbocycles. The molecule has 1 fully saturated rings. The number of anilines is 1. The Morgan fingerprint density at radius 1 is 1.13 bits per heavy atom. The van der Waals surface area contributed by atoms with Crippen LogP contribution in [0.15, 0.2) is 42.5 Å². The van der Waals surface area contributed by atoms with E-state index in [1.165, 1.54) is 0 Å². The number of para-hydroxylation sites is 1. The number of hydrogen-bond donors (Lipinski definition) is 3. The predicted octanol–water partition coefficient (Wildman–Crippen LogP) is 6.09. The summed E-state index contributed by atoms with van der Waals surface area (Å²) in [6.45, 7) is 9.18. The first-order valence-electron chi connectivity index (χ1n) is 13.0. The Labute approximate surface area is 236 Å². The van der Waals surface area contributed by atoms with Gasteiger partial charge in [0.1, 0.15) is 17.7 Å². The van der Waals surface area contributed by atoms with Gasteiger partial charge in [0.05, 0.1) is 10.7 Å². The molecule has 9 heteroatoms. The fourth-order valence-corrected chi connectivity index (χ4v) is 4.87. The van der Waals surface area contributed by atoms with E-state index in [-0.39, 0.29) is 23.6 Å². The van der Waals surface area contributed by atoms with E-state index >= 15 is 0 Å². The third-order valence-corrected chi connectivity index (χ3v) is 7.27. The number of carbonyl (C=O) groups excluding carboxylic acids is 3. The molecule has 1 saturated carbocycles. The van der Waals surface area contributed by atoms with Gasteiger partial charge in [-0.3, -0.25) is 9.59 Å². The molecule has 2 N–H and O–H groups in total. The number of rotatable bonds is 9. The maximum Gasteiger partial charge on any atom is 0.408 e. The normalized spacial score (nSPS) is 15.1. The summed E-state index contributed by atoms with van der Waals surface area (Å²) in [6, 6.07) is 11.0. The molecule has 2 unspecified atom stereocenters. The van der Waals surface area contributed by atoms with Crippen molar-refractivity contribution in [3.05, 3.63) is 64.2 Å². The van der Waals surface area contributed by atoms with Crippen molar-refractivity contribution in [2.24, 2.45) is 0 Å². The number of nitrogens with zero attached hydrogens (tertiary/aromatic N) is 1. The molecule has 0 bridgehead atoms. The van der Waals surface area contributed by atoms with Gasteiger partial charge in [-0.1, -0.05) is 54.9 Å². The highest BCUT2D eigenvalue weighted by Gasteiger charge is 2.42. The molecular formula is C29H38ClN3O4S. The number of ether oxygens (including phenoxy) is 1. The lowest BCUT2D eigenvalue weighted by Gasteiger charge is -2.43. The molecule has 206 valence electrons. The molecule has 0 radical (unpaired) electrons. The SMILES string of the molecule is CCc1ccc(C(C(=O)Nc2c(C)cccc2Cl)N(C(=O)C(CS)NC(=O)OC(C)(C)C)C2CCC2)cc1. The minimum absolute atomic E-state index is 0.0496. The monoisotopic (exact) mass is 559 g/mol. The van der Waals surface area contributed by atoms with Crippen LogP contribution in [0.1, 0.15) is 69.7 Å². The van der Waals surface area contributed by atoms with Gasteiger partial charge >= 0.3 is 6.09 Å². The van der Waals surface area contributed by atoms with E-state index in [0.29, 0.717) is 16.3 Å². The zero-order chi connectivity index (χ0) is 28.0. The van der Waals surface area contributed by atoms with Crippen molar-refractivity contribution in [2.45, 2.75) is 84.0 Å². The predicted molar refractivity (Wildman–Crippen MR) is 155 cm³/mol. The first-order chi connectivity index (χ1) is 17.9. The van der Waals surface area contributed by atoms with Crippen molar-refractivity contribution < 1.29 is 19.1 Å². The van der Waals surface area contributed by atoms with Gasteiger partial charge in [0.2, 0.25) is 5.91 Å². The highest BCUT2D eigenvalue weighted by Crippen LogP contribution is 2.35. The van der Waals surface area contributed by atoms with Gasteiger partial charge in [-0.05, 0) is 76.1 Å². The third kappa shape index (κ3) is 7.44. The zero-order valence-electron chi connectivity index (χ0n) is 22.7. The number of alkyl carbamates (subject to hydrolysis) is 1. The maximum absolute atomic E-state index is 14.0. The van der Waals surface area contributed by atoms with Gasteiger partial charge in [-0.15, -0.1) is 0 Å². The van der Waals surface area contributed by atoms with E-state index in [1.54, 1.807) is 31.7 Å². The lowest BCUT2D eigenvalue weighted by atomic mass is 9.88. The van der Waals surface area contributed by atoms with Crippen LogP contribution in [0.2, 0.25) is 5.02 Å². The number of nitrogens with one attached hydrogen (secondary N) is 2. The van der Waals surface area contributed by atoms with Crippen molar-refractivity contribution in [1.82, 2.24) is 10.2 Å². The van der Waals surface area contributed by atoms with Crippen LogP contribution in [-0.4, -0.2) is 46.2 Å². The van der Waals surface area contributed by atoms with Crippen LogP contribution in [0, 0.1) is 6.92 Å². The minimum atomic E-state index is -0.971. The van der Waals surface area contributed by atoms with Crippen LogP contribution < -0.4 is 10.6 Å². The van der Waals surface area contributed by atoms with Gasteiger partial charge in [0.25, 0.3) is 5.91 Å². The van der Waals surface area contributed by atoms with E-state index in [9.17, 15) is 14.4 Å². The number of aryl methyl sites for hydroxylation is 2. The molecule has 38 heavy (non-hydrogen) atoms. The van der Waals surface area contributed by atoms with Gasteiger partial charge in [0.15, 0.2) is 0 Å². The minimum Gasteiger partial charge on any atom is -0.444 e. The lowest BCUT2D eigenvalue weighted by molar-refractivity contribution is -0.145. The molecule has 2 aromatic carbocycles. The summed E-state index contributed by atoms with van der Waals surface area (Å²) in [6.07, 6.45) is 2.62. The summed E-state index contributed by atoms with van der Waals surface area (Å²) in [5, 5.41) is 6.05. The second-order valence-electron chi connectivity index (χ2n) is 10.6. The largest absolute Gasteiger partial charge is 0.444 e. The van der Waals surface area contributed by atoms with Crippen LogP contribution in [0.5, 0.6) is 0 Å². The Balaban J connectivity index is 2.01. The molecular weight excluding hydrogens is 522 g/mol. The topological polar surface area (TPSA) is 87.7 Å². The van der Waals surface area contributed by atoms with Gasteiger partial charge in [-0.2, -0.15) is 12.6 Å². The number of benzene rings is 2. The third-order valence-electron chi connectivity index (χ3n) is 6.59. The molecule has 0 heterocycles. The van der Waals surface area contributed by atoms with Crippen LogP contribution in [0.25, 0.3) is 0 Å². The summed E-state index contributed by atoms with van der Waals surface area (Å²) < 4.78 is 5.38. The summed E-state index contributed by atoms with van der Waals surface area (Å²) in [4.78, 5) is 42.2. The zero-order valence-corrected chi connectivity index (χ0v) is 24.4. The lowest BCUT2D eigenvalue weighted by Crippen LogP contribution is -2.57. The standard InChI is InChI=1S/C29H38ClN3O4S/c1-6-19-13-15-20(16-14-19)25(26(34)32-24-18(2)9-7-12-22(24)30)33(21-10-8-11-21)27(35)23(17-38)31-28(36)37-29(3,4)5/h7,9,12-16,21,23,25,38H,6,8,10-11,17H2,1-5H3,(H,31,36)(H,32,34). The summed E-state index contributed by atoms with van der Waals surface area (Å²) in [5.41, 5.74) is 2.40. The van der Waals surface area contributed by atoms with Gasteiger partial charge in [-0.25, -0.2) is 4.79 Å². The average Bonchev–Trinajstić information content (AvgIpc) is 2.82. The van der Waals surface area contributed by atoms with Crippen LogP contribution in [-0.2, 0) is 20.7 Å². The summed E-state index contributed by atoms with van der Waals surface area (Å²) >= 11 is 10.8. The molecule has 0 spiro atoms. The van der Waals surface area contributed by atoms with Crippen molar-refractivity contribution in [3.63, 3.8) is 0 Å². The molecule has 2 atom stereocenters. The average molecular weight is 560 g/mol. The Morgan fingerprint density at radius 2 is 1.79 bits per heavy atom. The maximum atomic E-state index is 14.0. The quantitative estimate of drug-likeness (QED) is 0.324. The van der Waals surface area contributed by atoms with Crippen molar-refractivity contribution in [3.8, 4) is 0 Å². The fourth-order valence-electron chi connectivity index (χ4n) is 4.35. The highest BCUT2D eigenvalue weighted by atomic mass is 35.5. The second-order valence-corrected chi connectivity index (χ2v) is 11.4. The Hall–Kier alpha value is -2.71. The number of halogens is 1. The molecule has 7 nitrogen and oxygen atoms in total. The molecule has 0 saturated heterocycles. The van der Waals surface area contributed by atoms with Crippen molar-refractivity contribution in [1.29, 1.82) is 0 Å². The van der Waals surface area contributed by atoms with Crippen LogP contribution in [0.4, 0.5) is 10.5 Å². The molecule has 0 aliphatic heterocycles. The fraction of sp³-hybridized carbons (Fsp3) is 0.483. The van der Waals surface area contributed by atoms with Crippen molar-refractivity contribution in [2.75, 3.05) is 11.1 Å². The first kappa shape index (κ1) is 29.8. The van der Waals surface area contributed by atoms with E-state index in [4.69, 9.17) is 16.3 Å². The summed E-state index contributed by atoms with van der Waals surface area (Å²) in [5.74, 6) is -0.708. The first-order valence-corrected chi connectivity index (χ1v) is 14.0. The summed E-state index contributed by atoms with van der Waals surface area (Å²) in [7, 11) is 0.